The first-order chi connectivity index (χ1) is 34.7. The predicted octanol–water partition coefficient (Wildman–Crippen LogP) is 16.1. The summed E-state index contributed by atoms with van der Waals surface area (Å²) in [7, 11) is 0. The number of nitrogens with zero attached hydrogens (tertiary/aromatic N) is 4. The average molecular weight is 1090 g/mol. The van der Waals surface area contributed by atoms with E-state index in [0.29, 0.717) is 11.5 Å². The van der Waals surface area contributed by atoms with Gasteiger partial charge in [0.05, 0.1) is 5.41 Å². The van der Waals surface area contributed by atoms with Crippen molar-refractivity contribution in [2.45, 2.75) is 5.41 Å². The van der Waals surface area contributed by atoms with Crippen molar-refractivity contribution in [3.8, 4) is 44.9 Å². The molecule has 0 radical (unpaired) electrons. The quantitative estimate of drug-likeness (QED) is 0.127. The largest absolute Gasteiger partial charge is 4.00 e. The van der Waals surface area contributed by atoms with Gasteiger partial charge >= 0.3 is 21.1 Å². The summed E-state index contributed by atoms with van der Waals surface area (Å²) in [5, 5.41) is 0. The van der Waals surface area contributed by atoms with E-state index in [9.17, 15) is 0 Å². The Hall–Kier alpha value is -8.37. The molecule has 0 unspecified atom stereocenters. The summed E-state index contributed by atoms with van der Waals surface area (Å²) in [5.74, 6) is 1.18. The van der Waals surface area contributed by atoms with Gasteiger partial charge in [-0.25, -0.2) is 0 Å². The molecule has 0 atom stereocenters. The van der Waals surface area contributed by atoms with Gasteiger partial charge in [-0.15, -0.1) is 61.1 Å². The second kappa shape index (κ2) is 18.5. The van der Waals surface area contributed by atoms with Crippen LogP contribution in [0.25, 0.3) is 33.4 Å². The maximum Gasteiger partial charge on any atom is 4.00 e. The maximum atomic E-state index is 6.56. The number of fused-ring (bicyclic) bond motifs is 4. The summed E-state index contributed by atoms with van der Waals surface area (Å²) in [4.78, 5) is 8.71. The Kier molecular flexibility index (Phi) is 11.4. The van der Waals surface area contributed by atoms with Crippen LogP contribution in [0.4, 0.5) is 34.1 Å². The van der Waals surface area contributed by atoms with Gasteiger partial charge in [-0.3, -0.25) is 0 Å². The summed E-state index contributed by atoms with van der Waals surface area (Å²) in [6, 6.07) is 93.6. The third-order valence-corrected chi connectivity index (χ3v) is 13.7. The monoisotopic (exact) mass is 1090 g/mol. The first-order valence-corrected chi connectivity index (χ1v) is 23.6. The van der Waals surface area contributed by atoms with Crippen molar-refractivity contribution < 1.29 is 25.8 Å². The predicted molar refractivity (Wildman–Crippen MR) is 285 cm³/mol. The van der Waals surface area contributed by atoms with Crippen LogP contribution in [0.3, 0.4) is 0 Å². The molecule has 0 spiro atoms. The third kappa shape index (κ3) is 7.62. The second-order valence-corrected chi connectivity index (χ2v) is 17.7. The first kappa shape index (κ1) is 43.9. The SMILES string of the molecule is [Pt+4].[c-]1c(Oc2[c-]c(N3[CH-]N(c4c(-c5ccccc5)cc(C5(c6ccccc6)c6ccccc6-c6ccccc65)cc4-c4ccccc4)c4ccccc43)ccc2)cccc1N1C=CN(c2ccccc2)[CH-]1. The molecule has 0 saturated carbocycles. The van der Waals surface area contributed by atoms with Gasteiger partial charge in [-0.05, 0) is 93.3 Å². The van der Waals surface area contributed by atoms with Gasteiger partial charge in [0.2, 0.25) is 0 Å². The van der Waals surface area contributed by atoms with Gasteiger partial charge < -0.3 is 24.3 Å². The number of anilines is 6. The van der Waals surface area contributed by atoms with E-state index >= 15 is 0 Å². The van der Waals surface area contributed by atoms with E-state index in [2.05, 4.69) is 228 Å². The summed E-state index contributed by atoms with van der Waals surface area (Å²) >= 11 is 0. The summed E-state index contributed by atoms with van der Waals surface area (Å²) in [6.07, 6.45) is 4.06. The van der Waals surface area contributed by atoms with Gasteiger partial charge in [0.1, 0.15) is 0 Å². The van der Waals surface area contributed by atoms with Gasteiger partial charge in [0, 0.05) is 45.4 Å². The average Bonchev–Trinajstić information content (AvgIpc) is 4.17. The molecular formula is C65H44N4OPt. The van der Waals surface area contributed by atoms with Crippen LogP contribution >= 0.6 is 0 Å². The van der Waals surface area contributed by atoms with Crippen molar-refractivity contribution in [2.24, 2.45) is 0 Å². The molecule has 5 nitrogen and oxygen atoms in total. The zero-order chi connectivity index (χ0) is 46.4. The van der Waals surface area contributed by atoms with E-state index in [1.807, 2.05) is 72.5 Å². The van der Waals surface area contributed by atoms with Crippen LogP contribution in [-0.2, 0) is 26.5 Å². The second-order valence-electron chi connectivity index (χ2n) is 17.7. The molecule has 2 aliphatic heterocycles. The smallest absolute Gasteiger partial charge is 0.509 e. The van der Waals surface area contributed by atoms with Crippen LogP contribution in [0.5, 0.6) is 11.5 Å². The van der Waals surface area contributed by atoms with E-state index in [0.717, 1.165) is 56.4 Å². The Bertz CT molecular complexity index is 3460. The van der Waals surface area contributed by atoms with E-state index in [-0.39, 0.29) is 21.1 Å². The molecule has 0 N–H and O–H groups in total. The molecule has 340 valence electrons. The standard InChI is InChI=1S/C65H44N4O.Pt/c1-5-21-47(22-6-1)58-41-50(65(49-25-9-3-10-26-49)60-35-15-13-33-56(60)57-34-14-16-36-61(57)65)42-59(48-23-7-2-8-24-48)64(58)69-46-68(62-37-17-18-38-63(62)69)53-30-20-32-55(44-53)70-54-31-19-29-52(43-54)67-40-39-66(45-67)51-27-11-4-12-28-51;/h1-42,45-46H;/q-4;+4. The molecule has 10 aromatic carbocycles. The van der Waals surface area contributed by atoms with Crippen molar-refractivity contribution in [2.75, 3.05) is 19.6 Å². The number of para-hydroxylation sites is 3. The first-order valence-electron chi connectivity index (χ1n) is 23.6. The van der Waals surface area contributed by atoms with Gasteiger partial charge in [0.15, 0.2) is 0 Å². The third-order valence-electron chi connectivity index (χ3n) is 13.7. The molecule has 6 heteroatoms. The van der Waals surface area contributed by atoms with Crippen molar-refractivity contribution >= 4 is 34.1 Å². The van der Waals surface area contributed by atoms with Crippen molar-refractivity contribution in [1.82, 2.24) is 0 Å². The minimum Gasteiger partial charge on any atom is -0.509 e. The molecule has 1 aliphatic carbocycles. The molecule has 3 aliphatic rings. The van der Waals surface area contributed by atoms with Crippen LogP contribution in [0, 0.1) is 25.5 Å². The van der Waals surface area contributed by atoms with E-state index in [1.165, 1.54) is 33.4 Å². The molecule has 2 heterocycles. The van der Waals surface area contributed by atoms with Crippen molar-refractivity contribution in [3.05, 3.63) is 303 Å². The number of hydrogen-bond donors (Lipinski definition) is 0. The molecule has 0 bridgehead atoms. The molecule has 10 aromatic rings. The van der Waals surface area contributed by atoms with Crippen LogP contribution < -0.4 is 24.3 Å². The summed E-state index contributed by atoms with van der Waals surface area (Å²) < 4.78 is 6.56. The van der Waals surface area contributed by atoms with Crippen molar-refractivity contribution in [3.63, 3.8) is 0 Å². The fourth-order valence-corrected chi connectivity index (χ4v) is 10.6. The maximum absolute atomic E-state index is 6.56. The Morgan fingerprint density at radius 2 is 0.859 bits per heavy atom. The Labute approximate surface area is 430 Å². The van der Waals surface area contributed by atoms with Crippen molar-refractivity contribution in [1.29, 1.82) is 0 Å². The fourth-order valence-electron chi connectivity index (χ4n) is 10.6. The number of rotatable bonds is 10. The van der Waals surface area contributed by atoms with Crippen LogP contribution in [-0.4, -0.2) is 0 Å². The van der Waals surface area contributed by atoms with Crippen LogP contribution in [0.2, 0.25) is 0 Å². The van der Waals surface area contributed by atoms with Gasteiger partial charge in [-0.2, -0.15) is 12.1 Å². The number of benzene rings is 10. The normalized spacial score (nSPS) is 13.9. The van der Waals surface area contributed by atoms with Gasteiger partial charge in [0.25, 0.3) is 0 Å². The molecule has 13 rings (SSSR count). The van der Waals surface area contributed by atoms with E-state index < -0.39 is 5.41 Å². The summed E-state index contributed by atoms with van der Waals surface area (Å²) in [6.45, 7) is 4.25. The number of hydrogen-bond acceptors (Lipinski definition) is 5. The minimum absolute atomic E-state index is 0. The zero-order valence-corrected chi connectivity index (χ0v) is 40.7. The molecule has 0 amide bonds. The molecule has 0 saturated heterocycles. The Balaban J connectivity index is 0.00000517. The fraction of sp³-hybridized carbons (Fsp3) is 0.0154. The van der Waals surface area contributed by atoms with Crippen LogP contribution in [0.1, 0.15) is 22.3 Å². The van der Waals surface area contributed by atoms with E-state index in [1.54, 1.807) is 0 Å². The molecule has 71 heavy (non-hydrogen) atoms. The molecular weight excluding hydrogens is 1050 g/mol. The van der Waals surface area contributed by atoms with E-state index in [4.69, 9.17) is 4.74 Å². The Morgan fingerprint density at radius 3 is 1.46 bits per heavy atom. The summed E-state index contributed by atoms with van der Waals surface area (Å²) in [5.41, 5.74) is 17.4. The molecule has 0 aromatic heterocycles. The number of ether oxygens (including phenoxy) is 1. The minimum atomic E-state index is -0.600. The zero-order valence-electron chi connectivity index (χ0n) is 38.4. The van der Waals surface area contributed by atoms with Gasteiger partial charge in [-0.1, -0.05) is 170 Å². The molecule has 0 fully saturated rings. The topological polar surface area (TPSA) is 22.2 Å². The Morgan fingerprint density at radius 1 is 0.380 bits per heavy atom. The van der Waals surface area contributed by atoms with Crippen LogP contribution in [0.15, 0.2) is 255 Å².